The molecule has 3 unspecified atom stereocenters. The summed E-state index contributed by atoms with van der Waals surface area (Å²) in [7, 11) is 0. The molecule has 5 nitrogen and oxygen atoms in total. The van der Waals surface area contributed by atoms with Gasteiger partial charge in [0.2, 0.25) is 5.60 Å². The fourth-order valence-electron chi connectivity index (χ4n) is 1.44. The lowest BCUT2D eigenvalue weighted by molar-refractivity contribution is -0.173. The first-order valence-electron chi connectivity index (χ1n) is 3.88. The average Bonchev–Trinajstić information content (AvgIpc) is 1.99. The number of hydrogen-bond donors (Lipinski definition) is 4. The number of carboxylic acids is 1. The summed E-state index contributed by atoms with van der Waals surface area (Å²) in [5.74, 6) is -1.56. The van der Waals surface area contributed by atoms with E-state index >= 15 is 0 Å². The highest BCUT2D eigenvalue weighted by atomic mass is 16.4. The predicted octanol–water partition coefficient (Wildman–Crippen LogP) is -1.13. The monoisotopic (exact) mass is 188 g/mol. The quantitative estimate of drug-likeness (QED) is 0.390. The van der Waals surface area contributed by atoms with Gasteiger partial charge in [-0.15, -0.1) is 0 Å². The molecule has 0 radical (unpaired) electrons. The summed E-state index contributed by atoms with van der Waals surface area (Å²) in [6.07, 6.45) is -1.66. The minimum absolute atomic E-state index is 0.177. The molecule has 3 atom stereocenters. The van der Waals surface area contributed by atoms with Crippen LogP contribution in [0.25, 0.3) is 0 Å². The van der Waals surface area contributed by atoms with E-state index in [1.165, 1.54) is 0 Å². The molecule has 0 amide bonds. The molecule has 0 aromatic carbocycles. The molecular weight excluding hydrogens is 176 g/mol. The molecule has 1 aliphatic rings. The molecule has 5 heteroatoms. The van der Waals surface area contributed by atoms with Crippen molar-refractivity contribution in [3.63, 3.8) is 0 Å². The molecule has 0 bridgehead atoms. The fraction of sp³-hybridized carbons (Fsp3) is 0.625. The number of carboxylic acid groups (broad SMARTS) is 1. The van der Waals surface area contributed by atoms with Gasteiger partial charge < -0.3 is 20.4 Å². The average molecular weight is 188 g/mol. The van der Waals surface area contributed by atoms with Crippen molar-refractivity contribution in [2.24, 2.45) is 0 Å². The Hall–Kier alpha value is -0.910. The first kappa shape index (κ1) is 10.2. The first-order valence-corrected chi connectivity index (χ1v) is 3.88. The molecule has 0 saturated heterocycles. The summed E-state index contributed by atoms with van der Waals surface area (Å²) in [5.41, 5.74) is -1.82. The predicted molar refractivity (Wildman–Crippen MR) is 43.0 cm³/mol. The van der Waals surface area contributed by atoms with E-state index in [9.17, 15) is 20.1 Å². The van der Waals surface area contributed by atoms with Gasteiger partial charge in [-0.3, -0.25) is 0 Å². The van der Waals surface area contributed by atoms with Gasteiger partial charge in [0.05, 0.1) is 6.10 Å². The number of hydrogen-bond acceptors (Lipinski definition) is 4. The Labute approximate surface area is 74.9 Å². The molecule has 0 saturated carbocycles. The van der Waals surface area contributed by atoms with Gasteiger partial charge in [-0.1, -0.05) is 5.57 Å². The summed E-state index contributed by atoms with van der Waals surface area (Å²) in [6, 6.07) is 0. The topological polar surface area (TPSA) is 98.0 Å². The molecule has 0 spiro atoms. The number of rotatable bonds is 1. The third-order valence-corrected chi connectivity index (χ3v) is 2.16. The molecule has 0 fully saturated rings. The third kappa shape index (κ3) is 1.58. The molecule has 4 N–H and O–H groups in total. The first-order chi connectivity index (χ1) is 5.88. The van der Waals surface area contributed by atoms with Gasteiger partial charge in [-0.25, -0.2) is 4.79 Å². The van der Waals surface area contributed by atoms with Gasteiger partial charge in [-0.05, 0) is 19.4 Å². The zero-order valence-corrected chi connectivity index (χ0v) is 7.14. The Morgan fingerprint density at radius 1 is 1.62 bits per heavy atom. The van der Waals surface area contributed by atoms with E-state index < -0.39 is 23.8 Å². The van der Waals surface area contributed by atoms with Crippen LogP contribution in [0.15, 0.2) is 11.6 Å². The summed E-state index contributed by atoms with van der Waals surface area (Å²) < 4.78 is 0. The Balaban J connectivity index is 3.07. The number of aliphatic hydroxyl groups is 3. The molecular formula is C8H12O5. The zero-order chi connectivity index (χ0) is 10.2. The molecule has 0 heterocycles. The van der Waals surface area contributed by atoms with E-state index in [1.54, 1.807) is 6.92 Å². The Morgan fingerprint density at radius 3 is 2.62 bits per heavy atom. The van der Waals surface area contributed by atoms with Gasteiger partial charge in [0, 0.05) is 0 Å². The van der Waals surface area contributed by atoms with E-state index in [2.05, 4.69) is 0 Å². The van der Waals surface area contributed by atoms with Crippen LogP contribution in [0, 0.1) is 0 Å². The van der Waals surface area contributed by atoms with Crippen molar-refractivity contribution >= 4 is 5.97 Å². The minimum Gasteiger partial charge on any atom is -0.479 e. The molecule has 1 rings (SSSR count). The van der Waals surface area contributed by atoms with Crippen LogP contribution in [0.1, 0.15) is 13.3 Å². The highest BCUT2D eigenvalue weighted by molar-refractivity contribution is 5.81. The van der Waals surface area contributed by atoms with Crippen LogP contribution in [0.3, 0.4) is 0 Å². The number of aliphatic carboxylic acids is 1. The molecule has 74 valence electrons. The molecule has 0 aromatic heterocycles. The molecule has 0 aliphatic heterocycles. The molecule has 1 aliphatic carbocycles. The number of aliphatic hydroxyl groups excluding tert-OH is 2. The van der Waals surface area contributed by atoms with E-state index in [0.29, 0.717) is 5.57 Å². The highest BCUT2D eigenvalue weighted by Gasteiger charge is 2.47. The fourth-order valence-corrected chi connectivity index (χ4v) is 1.44. The van der Waals surface area contributed by atoms with Crippen LogP contribution in [0.4, 0.5) is 0 Å². The molecule has 0 aromatic rings. The second-order valence-electron chi connectivity index (χ2n) is 3.34. The third-order valence-electron chi connectivity index (χ3n) is 2.16. The Morgan fingerprint density at radius 2 is 2.15 bits per heavy atom. The van der Waals surface area contributed by atoms with Crippen molar-refractivity contribution in [3.05, 3.63) is 11.6 Å². The van der Waals surface area contributed by atoms with Crippen molar-refractivity contribution < 1.29 is 25.2 Å². The second-order valence-corrected chi connectivity index (χ2v) is 3.34. The SMILES string of the molecule is CC1=CC(O)(C(=O)O)C(O)C(O)C1. The van der Waals surface area contributed by atoms with Crippen LogP contribution in [0.2, 0.25) is 0 Å². The maximum atomic E-state index is 10.6. The lowest BCUT2D eigenvalue weighted by Crippen LogP contribution is -2.55. The van der Waals surface area contributed by atoms with Crippen molar-refractivity contribution in [1.82, 2.24) is 0 Å². The smallest absolute Gasteiger partial charge is 0.342 e. The largest absolute Gasteiger partial charge is 0.479 e. The van der Waals surface area contributed by atoms with Gasteiger partial charge in [-0.2, -0.15) is 0 Å². The van der Waals surface area contributed by atoms with E-state index in [4.69, 9.17) is 5.11 Å². The van der Waals surface area contributed by atoms with Gasteiger partial charge >= 0.3 is 5.97 Å². The summed E-state index contributed by atoms with van der Waals surface area (Å²) in [5, 5.41) is 36.6. The summed E-state index contributed by atoms with van der Waals surface area (Å²) in [4.78, 5) is 10.6. The summed E-state index contributed by atoms with van der Waals surface area (Å²) in [6.45, 7) is 1.59. The Kier molecular flexibility index (Phi) is 2.42. The zero-order valence-electron chi connectivity index (χ0n) is 7.14. The van der Waals surface area contributed by atoms with E-state index in [1.807, 2.05) is 0 Å². The maximum absolute atomic E-state index is 10.6. The van der Waals surface area contributed by atoms with Crippen LogP contribution in [-0.4, -0.2) is 44.2 Å². The van der Waals surface area contributed by atoms with Gasteiger partial charge in [0.15, 0.2) is 0 Å². The van der Waals surface area contributed by atoms with Gasteiger partial charge in [0.25, 0.3) is 0 Å². The van der Waals surface area contributed by atoms with Crippen LogP contribution in [0.5, 0.6) is 0 Å². The normalized spacial score (nSPS) is 39.8. The standard InChI is InChI=1S/C8H12O5/c1-4-2-5(9)6(10)8(13,3-4)7(11)12/h3,5-6,9-10,13H,2H2,1H3,(H,11,12). The van der Waals surface area contributed by atoms with Crippen molar-refractivity contribution in [1.29, 1.82) is 0 Å². The van der Waals surface area contributed by atoms with Crippen molar-refractivity contribution in [2.45, 2.75) is 31.2 Å². The Bertz CT molecular complexity index is 259. The highest BCUT2D eigenvalue weighted by Crippen LogP contribution is 2.27. The van der Waals surface area contributed by atoms with Crippen LogP contribution < -0.4 is 0 Å². The van der Waals surface area contributed by atoms with Gasteiger partial charge in [0.1, 0.15) is 6.10 Å². The number of carbonyl (C=O) groups is 1. The van der Waals surface area contributed by atoms with Crippen molar-refractivity contribution in [2.75, 3.05) is 0 Å². The van der Waals surface area contributed by atoms with Crippen LogP contribution in [-0.2, 0) is 4.79 Å². The molecule has 13 heavy (non-hydrogen) atoms. The lowest BCUT2D eigenvalue weighted by Gasteiger charge is -2.34. The second kappa shape index (κ2) is 3.10. The van der Waals surface area contributed by atoms with E-state index in [0.717, 1.165) is 6.08 Å². The van der Waals surface area contributed by atoms with E-state index in [-0.39, 0.29) is 6.42 Å². The minimum atomic E-state index is -2.36. The lowest BCUT2D eigenvalue weighted by atomic mass is 9.82. The summed E-state index contributed by atoms with van der Waals surface area (Å²) >= 11 is 0. The van der Waals surface area contributed by atoms with Crippen LogP contribution >= 0.6 is 0 Å². The maximum Gasteiger partial charge on any atom is 0.342 e. The van der Waals surface area contributed by atoms with Crippen molar-refractivity contribution in [3.8, 4) is 0 Å².